The first-order chi connectivity index (χ1) is 15.3. The van der Waals surface area contributed by atoms with Gasteiger partial charge in [-0.2, -0.15) is 0 Å². The van der Waals surface area contributed by atoms with Gasteiger partial charge in [-0.05, 0) is 47.1 Å². The molecule has 0 spiro atoms. The molecule has 2 bridgehead atoms. The molecule has 1 aliphatic heterocycles. The third-order valence-corrected chi connectivity index (χ3v) is 7.58. The molecule has 0 saturated carbocycles. The lowest BCUT2D eigenvalue weighted by Gasteiger charge is -2.51. The Hall–Kier alpha value is -2.91. The fraction of sp³-hybridized carbons (Fsp3) is 0.321. The predicted molar refractivity (Wildman–Crippen MR) is 121 cm³/mol. The lowest BCUT2D eigenvalue weighted by molar-refractivity contribution is -0.155. The number of amides is 1. The van der Waals surface area contributed by atoms with Gasteiger partial charge in [0.2, 0.25) is 0 Å². The maximum atomic E-state index is 13.5. The van der Waals surface area contributed by atoms with Crippen LogP contribution in [0, 0.1) is 0 Å². The summed E-state index contributed by atoms with van der Waals surface area (Å²) in [5, 5.41) is 0. The molecule has 3 aromatic carbocycles. The van der Waals surface area contributed by atoms with Gasteiger partial charge in [-0.1, -0.05) is 78.9 Å². The zero-order chi connectivity index (χ0) is 20.8. The van der Waals surface area contributed by atoms with Crippen LogP contribution in [0.25, 0.3) is 0 Å². The van der Waals surface area contributed by atoms with Crippen molar-refractivity contribution in [2.24, 2.45) is 0 Å². The molecule has 0 radical (unpaired) electrons. The first-order valence-electron chi connectivity index (χ1n) is 11.4. The van der Waals surface area contributed by atoms with Crippen molar-refractivity contribution in [1.82, 2.24) is 4.90 Å². The zero-order valence-electron chi connectivity index (χ0n) is 17.7. The zero-order valence-corrected chi connectivity index (χ0v) is 17.7. The molecule has 31 heavy (non-hydrogen) atoms. The van der Waals surface area contributed by atoms with E-state index in [1.54, 1.807) is 0 Å². The molecule has 4 aliphatic rings. The molecule has 1 amide bonds. The third-order valence-electron chi connectivity index (χ3n) is 7.58. The Morgan fingerprint density at radius 3 is 2.23 bits per heavy atom. The standard InChI is InChI=1S/C28H27NO2/c30-27-26(31-17-16-29(27)19-20-8-2-1-3-9-20)18-28-15-14-21(22-10-4-6-12-24(22)28)23-11-5-7-13-25(23)28/h1-13,21,26H,14-19H2. The highest BCUT2D eigenvalue weighted by Gasteiger charge is 2.50. The van der Waals surface area contributed by atoms with Crippen molar-refractivity contribution in [3.05, 3.63) is 107 Å². The van der Waals surface area contributed by atoms with E-state index >= 15 is 0 Å². The summed E-state index contributed by atoms with van der Waals surface area (Å²) < 4.78 is 6.14. The molecular formula is C28H27NO2. The smallest absolute Gasteiger partial charge is 0.252 e. The van der Waals surface area contributed by atoms with Gasteiger partial charge < -0.3 is 9.64 Å². The highest BCUT2D eigenvalue weighted by atomic mass is 16.5. The molecule has 1 fully saturated rings. The van der Waals surface area contributed by atoms with Crippen molar-refractivity contribution in [3.63, 3.8) is 0 Å². The van der Waals surface area contributed by atoms with Crippen molar-refractivity contribution in [3.8, 4) is 0 Å². The minimum atomic E-state index is -0.395. The summed E-state index contributed by atoms with van der Waals surface area (Å²) in [6.45, 7) is 1.92. The van der Waals surface area contributed by atoms with Crippen molar-refractivity contribution in [2.45, 2.75) is 43.2 Å². The molecule has 3 nitrogen and oxygen atoms in total. The Labute approximate surface area is 183 Å². The summed E-state index contributed by atoms with van der Waals surface area (Å²) in [5.41, 5.74) is 6.72. The molecule has 3 aliphatic carbocycles. The predicted octanol–water partition coefficient (Wildman–Crippen LogP) is 5.03. The lowest BCUT2D eigenvalue weighted by atomic mass is 9.53. The van der Waals surface area contributed by atoms with Crippen LogP contribution in [-0.2, 0) is 21.5 Å². The van der Waals surface area contributed by atoms with Gasteiger partial charge in [0.1, 0.15) is 6.10 Å². The molecule has 1 atom stereocenters. The quantitative estimate of drug-likeness (QED) is 0.605. The molecule has 0 aromatic heterocycles. The van der Waals surface area contributed by atoms with Gasteiger partial charge in [0.25, 0.3) is 5.91 Å². The Morgan fingerprint density at radius 2 is 1.52 bits per heavy atom. The largest absolute Gasteiger partial charge is 0.366 e. The van der Waals surface area contributed by atoms with Gasteiger partial charge >= 0.3 is 0 Å². The summed E-state index contributed by atoms with van der Waals surface area (Å²) in [6.07, 6.45) is 2.55. The number of hydrogen-bond donors (Lipinski definition) is 0. The second-order valence-corrected chi connectivity index (χ2v) is 9.16. The summed E-state index contributed by atoms with van der Waals surface area (Å²) >= 11 is 0. The minimum absolute atomic E-state index is 0.132. The number of carbonyl (C=O) groups excluding carboxylic acids is 1. The van der Waals surface area contributed by atoms with Crippen LogP contribution in [0.15, 0.2) is 78.9 Å². The Balaban J connectivity index is 1.35. The molecule has 7 rings (SSSR count). The molecule has 1 saturated heterocycles. The number of nitrogens with zero attached hydrogens (tertiary/aromatic N) is 1. The maximum Gasteiger partial charge on any atom is 0.252 e. The topological polar surface area (TPSA) is 29.5 Å². The monoisotopic (exact) mass is 409 g/mol. The number of fused-ring (bicyclic) bond motifs is 1. The van der Waals surface area contributed by atoms with E-state index in [2.05, 4.69) is 60.7 Å². The number of hydrogen-bond acceptors (Lipinski definition) is 2. The number of morpholine rings is 1. The van der Waals surface area contributed by atoms with E-state index in [1.165, 1.54) is 27.8 Å². The molecule has 156 valence electrons. The molecule has 0 N–H and O–H groups in total. The summed E-state index contributed by atoms with van der Waals surface area (Å²) in [7, 11) is 0. The van der Waals surface area contributed by atoms with Crippen LogP contribution in [0.4, 0.5) is 0 Å². The van der Waals surface area contributed by atoms with E-state index in [-0.39, 0.29) is 11.3 Å². The van der Waals surface area contributed by atoms with Crippen LogP contribution in [0.5, 0.6) is 0 Å². The van der Waals surface area contributed by atoms with Crippen molar-refractivity contribution < 1.29 is 9.53 Å². The molecular weight excluding hydrogens is 382 g/mol. The fourth-order valence-electron chi connectivity index (χ4n) is 6.19. The van der Waals surface area contributed by atoms with Gasteiger partial charge in [-0.3, -0.25) is 4.79 Å². The first kappa shape index (κ1) is 18.8. The lowest BCUT2D eigenvalue weighted by Crippen LogP contribution is -2.51. The minimum Gasteiger partial charge on any atom is -0.366 e. The number of carbonyl (C=O) groups is 1. The molecule has 1 unspecified atom stereocenters. The van der Waals surface area contributed by atoms with E-state index < -0.39 is 6.10 Å². The molecule has 1 heterocycles. The van der Waals surface area contributed by atoms with Crippen LogP contribution in [0.3, 0.4) is 0 Å². The summed E-state index contributed by atoms with van der Waals surface area (Å²) in [4.78, 5) is 15.5. The summed E-state index contributed by atoms with van der Waals surface area (Å²) in [6, 6.07) is 28.0. The van der Waals surface area contributed by atoms with Gasteiger partial charge in [0, 0.05) is 24.4 Å². The number of benzene rings is 3. The van der Waals surface area contributed by atoms with E-state index in [1.807, 2.05) is 23.1 Å². The first-order valence-corrected chi connectivity index (χ1v) is 11.4. The van der Waals surface area contributed by atoms with Gasteiger partial charge in [-0.15, -0.1) is 0 Å². The highest BCUT2D eigenvalue weighted by Crippen LogP contribution is 2.58. The Bertz CT molecular complexity index is 1080. The van der Waals surface area contributed by atoms with E-state index in [0.717, 1.165) is 19.3 Å². The van der Waals surface area contributed by atoms with Crippen LogP contribution in [0.2, 0.25) is 0 Å². The SMILES string of the molecule is O=C1C(CC23CCC(c4ccccc42)c2ccccc23)OCCN1Cc1ccccc1. The summed E-state index contributed by atoms with van der Waals surface area (Å²) in [5.74, 6) is 0.610. The van der Waals surface area contributed by atoms with Crippen molar-refractivity contribution >= 4 is 5.91 Å². The normalized spacial score (nSPS) is 26.5. The van der Waals surface area contributed by atoms with Gasteiger partial charge in [0.05, 0.1) is 6.61 Å². The second-order valence-electron chi connectivity index (χ2n) is 9.16. The van der Waals surface area contributed by atoms with Crippen LogP contribution >= 0.6 is 0 Å². The van der Waals surface area contributed by atoms with Crippen molar-refractivity contribution in [1.29, 1.82) is 0 Å². The van der Waals surface area contributed by atoms with Gasteiger partial charge in [-0.25, -0.2) is 0 Å². The van der Waals surface area contributed by atoms with Crippen LogP contribution in [0.1, 0.15) is 53.0 Å². The van der Waals surface area contributed by atoms with Crippen LogP contribution in [-0.4, -0.2) is 30.1 Å². The average molecular weight is 410 g/mol. The Kier molecular flexibility index (Phi) is 4.46. The maximum absolute atomic E-state index is 13.5. The van der Waals surface area contributed by atoms with Crippen LogP contribution < -0.4 is 0 Å². The molecule has 3 aromatic rings. The van der Waals surface area contributed by atoms with E-state index in [0.29, 0.717) is 25.6 Å². The third kappa shape index (κ3) is 2.95. The van der Waals surface area contributed by atoms with E-state index in [4.69, 9.17) is 4.74 Å². The molecule has 3 heteroatoms. The van der Waals surface area contributed by atoms with Gasteiger partial charge in [0.15, 0.2) is 0 Å². The van der Waals surface area contributed by atoms with Crippen molar-refractivity contribution in [2.75, 3.05) is 13.2 Å². The highest BCUT2D eigenvalue weighted by molar-refractivity contribution is 5.82. The average Bonchev–Trinajstić information content (AvgIpc) is 2.83. The second kappa shape index (κ2) is 7.35. The Morgan fingerprint density at radius 1 is 0.871 bits per heavy atom. The number of ether oxygens (including phenoxy) is 1. The fourth-order valence-corrected chi connectivity index (χ4v) is 6.19. The van der Waals surface area contributed by atoms with E-state index in [9.17, 15) is 4.79 Å². The number of rotatable bonds is 4.